The van der Waals surface area contributed by atoms with E-state index in [-0.39, 0.29) is 5.82 Å². The van der Waals surface area contributed by atoms with Crippen LogP contribution < -0.4 is 0 Å². The van der Waals surface area contributed by atoms with Gasteiger partial charge in [0.25, 0.3) is 0 Å². The minimum absolute atomic E-state index is 0.247. The highest BCUT2D eigenvalue weighted by atomic mass is 79.9. The number of aliphatic hydroxyl groups is 1. The summed E-state index contributed by atoms with van der Waals surface area (Å²) in [7, 11) is 0. The number of hydrogen-bond acceptors (Lipinski definition) is 1. The van der Waals surface area contributed by atoms with Gasteiger partial charge in [-0.15, -0.1) is 0 Å². The van der Waals surface area contributed by atoms with Gasteiger partial charge in [-0.05, 0) is 43.4 Å². The Morgan fingerprint density at radius 2 is 2.00 bits per heavy atom. The predicted molar refractivity (Wildman–Crippen MR) is 75.0 cm³/mol. The fraction of sp³-hybridized carbons (Fsp3) is 0.600. The molecule has 2 rings (SSSR count). The van der Waals surface area contributed by atoms with E-state index < -0.39 is 5.60 Å². The van der Waals surface area contributed by atoms with E-state index in [4.69, 9.17) is 0 Å². The van der Waals surface area contributed by atoms with Gasteiger partial charge in [0, 0.05) is 10.9 Å². The van der Waals surface area contributed by atoms with Gasteiger partial charge in [-0.3, -0.25) is 0 Å². The van der Waals surface area contributed by atoms with E-state index >= 15 is 0 Å². The summed E-state index contributed by atoms with van der Waals surface area (Å²) in [5, 5.41) is 10.7. The molecule has 0 aliphatic heterocycles. The van der Waals surface area contributed by atoms with Gasteiger partial charge in [-0.1, -0.05) is 41.3 Å². The quantitative estimate of drug-likeness (QED) is 0.873. The lowest BCUT2D eigenvalue weighted by Crippen LogP contribution is -2.38. The number of benzene rings is 1. The molecule has 1 aliphatic rings. The van der Waals surface area contributed by atoms with Crippen molar-refractivity contribution in [3.05, 3.63) is 34.1 Å². The van der Waals surface area contributed by atoms with E-state index in [1.165, 1.54) is 31.4 Å². The van der Waals surface area contributed by atoms with Crippen molar-refractivity contribution in [3.63, 3.8) is 0 Å². The molecule has 1 aromatic rings. The minimum Gasteiger partial charge on any atom is -0.390 e. The lowest BCUT2D eigenvalue weighted by Gasteiger charge is -2.36. The fourth-order valence-electron chi connectivity index (χ4n) is 2.92. The zero-order valence-corrected chi connectivity index (χ0v) is 12.3. The van der Waals surface area contributed by atoms with Gasteiger partial charge in [-0.25, -0.2) is 4.39 Å². The normalized spacial score (nSPS) is 20.7. The van der Waals surface area contributed by atoms with E-state index in [2.05, 4.69) is 15.9 Å². The molecule has 1 atom stereocenters. The fourth-order valence-corrected chi connectivity index (χ4v) is 3.41. The van der Waals surface area contributed by atoms with E-state index in [0.717, 1.165) is 22.9 Å². The third-order valence-electron chi connectivity index (χ3n) is 4.05. The summed E-state index contributed by atoms with van der Waals surface area (Å²) in [6, 6.07) is 4.68. The summed E-state index contributed by atoms with van der Waals surface area (Å²) in [6.45, 7) is 1.92. The Balaban J connectivity index is 2.10. The van der Waals surface area contributed by atoms with Crippen molar-refractivity contribution in [2.24, 2.45) is 5.92 Å². The topological polar surface area (TPSA) is 20.2 Å². The average molecular weight is 315 g/mol. The molecule has 1 N–H and O–H groups in total. The number of halogens is 2. The van der Waals surface area contributed by atoms with Crippen LogP contribution in [0, 0.1) is 11.7 Å². The molecule has 1 aromatic carbocycles. The Morgan fingerprint density at radius 1 is 1.33 bits per heavy atom. The van der Waals surface area contributed by atoms with E-state index in [1.54, 1.807) is 6.07 Å². The maximum Gasteiger partial charge on any atom is 0.124 e. The molecular weight excluding hydrogens is 295 g/mol. The largest absolute Gasteiger partial charge is 0.390 e. The van der Waals surface area contributed by atoms with Gasteiger partial charge >= 0.3 is 0 Å². The zero-order chi connectivity index (χ0) is 13.2. The van der Waals surface area contributed by atoms with Crippen LogP contribution in [0.1, 0.15) is 44.6 Å². The highest BCUT2D eigenvalue weighted by molar-refractivity contribution is 9.10. The monoisotopic (exact) mass is 314 g/mol. The number of rotatable bonds is 3. The Hall–Kier alpha value is -0.410. The third kappa shape index (κ3) is 3.33. The van der Waals surface area contributed by atoms with Crippen molar-refractivity contribution < 1.29 is 9.50 Å². The molecule has 0 spiro atoms. The van der Waals surface area contributed by atoms with Crippen molar-refractivity contribution >= 4 is 15.9 Å². The first-order chi connectivity index (χ1) is 8.49. The molecular formula is C15H20BrFO. The first kappa shape index (κ1) is 14.0. The van der Waals surface area contributed by atoms with Gasteiger partial charge < -0.3 is 5.11 Å². The second-order valence-corrected chi connectivity index (χ2v) is 6.46. The molecule has 1 unspecified atom stereocenters. The van der Waals surface area contributed by atoms with E-state index in [1.807, 2.05) is 6.92 Å². The molecule has 1 nitrogen and oxygen atoms in total. The van der Waals surface area contributed by atoms with Crippen molar-refractivity contribution in [1.29, 1.82) is 0 Å². The summed E-state index contributed by atoms with van der Waals surface area (Å²) in [5.74, 6) is 0.117. The van der Waals surface area contributed by atoms with E-state index in [0.29, 0.717) is 12.3 Å². The van der Waals surface area contributed by atoms with Crippen LogP contribution in [0.5, 0.6) is 0 Å². The SMILES string of the molecule is CC(O)(Cc1ccc(F)cc1Br)C1CCCCC1. The van der Waals surface area contributed by atoms with Crippen LogP contribution in [0.4, 0.5) is 4.39 Å². The van der Waals surface area contributed by atoms with Crippen LogP contribution in [0.25, 0.3) is 0 Å². The molecule has 0 aromatic heterocycles. The second-order valence-electron chi connectivity index (χ2n) is 5.60. The van der Waals surface area contributed by atoms with Gasteiger partial charge in [0.2, 0.25) is 0 Å². The van der Waals surface area contributed by atoms with Crippen LogP contribution in [-0.4, -0.2) is 10.7 Å². The minimum atomic E-state index is -0.694. The Labute approximate surface area is 117 Å². The summed E-state index contributed by atoms with van der Waals surface area (Å²) in [6.07, 6.45) is 6.50. The Bertz CT molecular complexity index is 411. The van der Waals surface area contributed by atoms with Crippen LogP contribution in [-0.2, 0) is 6.42 Å². The van der Waals surface area contributed by atoms with Crippen molar-refractivity contribution in [2.45, 2.75) is 51.0 Å². The highest BCUT2D eigenvalue weighted by Gasteiger charge is 2.33. The lowest BCUT2D eigenvalue weighted by atomic mass is 9.75. The predicted octanol–water partition coefficient (Wildman–Crippen LogP) is 4.46. The van der Waals surface area contributed by atoms with Crippen molar-refractivity contribution in [1.82, 2.24) is 0 Å². The second kappa shape index (κ2) is 5.70. The molecule has 3 heteroatoms. The molecule has 0 radical (unpaired) electrons. The first-order valence-corrected chi connectivity index (χ1v) is 7.44. The summed E-state index contributed by atoms with van der Waals surface area (Å²) in [4.78, 5) is 0. The summed E-state index contributed by atoms with van der Waals surface area (Å²) < 4.78 is 13.8. The van der Waals surface area contributed by atoms with Crippen LogP contribution in [0.3, 0.4) is 0 Å². The van der Waals surface area contributed by atoms with Gasteiger partial charge in [0.1, 0.15) is 5.82 Å². The van der Waals surface area contributed by atoms with Crippen LogP contribution >= 0.6 is 15.9 Å². The lowest BCUT2D eigenvalue weighted by molar-refractivity contribution is -0.0160. The zero-order valence-electron chi connectivity index (χ0n) is 10.8. The molecule has 1 fully saturated rings. The average Bonchev–Trinajstić information content (AvgIpc) is 2.34. The molecule has 0 saturated heterocycles. The molecule has 0 bridgehead atoms. The molecule has 1 aliphatic carbocycles. The highest BCUT2D eigenvalue weighted by Crippen LogP contribution is 2.35. The Kier molecular flexibility index (Phi) is 4.44. The molecule has 1 saturated carbocycles. The maximum absolute atomic E-state index is 13.0. The van der Waals surface area contributed by atoms with Crippen molar-refractivity contribution in [3.8, 4) is 0 Å². The van der Waals surface area contributed by atoms with Gasteiger partial charge in [-0.2, -0.15) is 0 Å². The molecule has 18 heavy (non-hydrogen) atoms. The number of hydrogen-bond donors (Lipinski definition) is 1. The van der Waals surface area contributed by atoms with Gasteiger partial charge in [0.15, 0.2) is 0 Å². The standard InChI is InChI=1S/C15H20BrFO/c1-15(18,12-5-3-2-4-6-12)10-11-7-8-13(17)9-14(11)16/h7-9,12,18H,2-6,10H2,1H3. The van der Waals surface area contributed by atoms with Gasteiger partial charge in [0.05, 0.1) is 5.60 Å². The molecule has 0 heterocycles. The summed E-state index contributed by atoms with van der Waals surface area (Å²) >= 11 is 3.37. The maximum atomic E-state index is 13.0. The molecule has 100 valence electrons. The van der Waals surface area contributed by atoms with Crippen LogP contribution in [0.15, 0.2) is 22.7 Å². The van der Waals surface area contributed by atoms with E-state index in [9.17, 15) is 9.50 Å². The third-order valence-corrected chi connectivity index (χ3v) is 4.79. The van der Waals surface area contributed by atoms with Crippen molar-refractivity contribution in [2.75, 3.05) is 0 Å². The smallest absolute Gasteiger partial charge is 0.124 e. The molecule has 0 amide bonds. The van der Waals surface area contributed by atoms with Crippen LogP contribution in [0.2, 0.25) is 0 Å². The first-order valence-electron chi connectivity index (χ1n) is 6.65. The Morgan fingerprint density at radius 3 is 2.61 bits per heavy atom. The summed E-state index contributed by atoms with van der Waals surface area (Å²) in [5.41, 5.74) is 0.285.